The fourth-order valence-electron chi connectivity index (χ4n) is 4.16. The summed E-state index contributed by atoms with van der Waals surface area (Å²) in [6.45, 7) is 10.4. The average molecular weight is 523 g/mol. The molecule has 0 amide bonds. The molecule has 0 fully saturated rings. The van der Waals surface area contributed by atoms with Gasteiger partial charge in [-0.2, -0.15) is 8.42 Å². The number of rotatable bonds is 11. The standard InChI is InChI=1S/C30H38O4SSi/c1-24-18-20-26(21-19-24)35(31,32)33-22-12-13-25(2)23-29(34-30(3,4)5)36(27-14-8-6-9-15-27)28-16-10-7-11-17-28/h6-11,14-21,23,29,36H,12-13,22H2,1-5H3. The Morgan fingerprint density at radius 1 is 0.889 bits per heavy atom. The van der Waals surface area contributed by atoms with E-state index in [4.69, 9.17) is 8.92 Å². The molecule has 3 rings (SSSR count). The maximum Gasteiger partial charge on any atom is 0.296 e. The fourth-order valence-corrected chi connectivity index (χ4v) is 8.58. The first kappa shape index (κ1) is 28.1. The first-order chi connectivity index (χ1) is 17.0. The SMILES string of the molecule is CC(=CC(OC(C)(C)C)[SiH](c1ccccc1)c1ccccc1)CCCOS(=O)(=O)c1ccc(C)cc1. The summed E-state index contributed by atoms with van der Waals surface area (Å²) >= 11 is 0. The van der Waals surface area contributed by atoms with Gasteiger partial charge in [0, 0.05) is 0 Å². The predicted molar refractivity (Wildman–Crippen MR) is 151 cm³/mol. The van der Waals surface area contributed by atoms with Gasteiger partial charge in [-0.1, -0.05) is 100 Å². The van der Waals surface area contributed by atoms with Crippen LogP contribution >= 0.6 is 0 Å². The van der Waals surface area contributed by atoms with Crippen molar-refractivity contribution in [2.75, 3.05) is 6.61 Å². The summed E-state index contributed by atoms with van der Waals surface area (Å²) in [4.78, 5) is 0.193. The molecular formula is C30H38O4SSi. The van der Waals surface area contributed by atoms with Gasteiger partial charge in [0.1, 0.15) is 8.80 Å². The fraction of sp³-hybridized carbons (Fsp3) is 0.333. The van der Waals surface area contributed by atoms with Crippen LogP contribution in [0.2, 0.25) is 0 Å². The van der Waals surface area contributed by atoms with Gasteiger partial charge in [-0.15, -0.1) is 0 Å². The summed E-state index contributed by atoms with van der Waals surface area (Å²) in [5, 5.41) is 2.66. The predicted octanol–water partition coefficient (Wildman–Crippen LogP) is 5.19. The van der Waals surface area contributed by atoms with Crippen molar-refractivity contribution in [2.45, 2.75) is 63.7 Å². The van der Waals surface area contributed by atoms with Gasteiger partial charge in [0.25, 0.3) is 10.1 Å². The maximum absolute atomic E-state index is 12.5. The molecule has 6 heteroatoms. The highest BCUT2D eigenvalue weighted by atomic mass is 32.2. The summed E-state index contributed by atoms with van der Waals surface area (Å²) in [5.74, 6) is 0. The summed E-state index contributed by atoms with van der Waals surface area (Å²) in [6, 6.07) is 28.0. The highest BCUT2D eigenvalue weighted by Crippen LogP contribution is 2.19. The molecule has 0 spiro atoms. The van der Waals surface area contributed by atoms with Gasteiger partial charge in [-0.25, -0.2) is 0 Å². The number of aryl methyl sites for hydroxylation is 1. The van der Waals surface area contributed by atoms with Crippen molar-refractivity contribution in [2.24, 2.45) is 0 Å². The van der Waals surface area contributed by atoms with E-state index < -0.39 is 18.9 Å². The molecule has 3 aromatic carbocycles. The van der Waals surface area contributed by atoms with Crippen LogP contribution in [-0.4, -0.2) is 35.1 Å². The number of hydrogen-bond donors (Lipinski definition) is 0. The van der Waals surface area contributed by atoms with Crippen LogP contribution in [0.5, 0.6) is 0 Å². The molecule has 0 aliphatic rings. The van der Waals surface area contributed by atoms with Gasteiger partial charge in [0.2, 0.25) is 0 Å². The molecule has 4 nitrogen and oxygen atoms in total. The van der Waals surface area contributed by atoms with Crippen molar-refractivity contribution in [1.82, 2.24) is 0 Å². The molecule has 0 saturated heterocycles. The molecule has 0 heterocycles. The van der Waals surface area contributed by atoms with E-state index in [9.17, 15) is 8.42 Å². The van der Waals surface area contributed by atoms with E-state index in [0.717, 1.165) is 12.0 Å². The van der Waals surface area contributed by atoms with Gasteiger partial charge in [-0.3, -0.25) is 4.18 Å². The third-order valence-electron chi connectivity index (χ3n) is 5.85. The minimum Gasteiger partial charge on any atom is -0.372 e. The van der Waals surface area contributed by atoms with Gasteiger partial charge in [0.05, 0.1) is 22.8 Å². The van der Waals surface area contributed by atoms with Gasteiger partial charge in [-0.05, 0) is 59.6 Å². The van der Waals surface area contributed by atoms with Crippen LogP contribution in [0.25, 0.3) is 0 Å². The second-order valence-electron chi connectivity index (χ2n) is 10.2. The van der Waals surface area contributed by atoms with Crippen molar-refractivity contribution in [3.05, 3.63) is 102 Å². The quantitative estimate of drug-likeness (QED) is 0.151. The average Bonchev–Trinajstić information content (AvgIpc) is 2.83. The van der Waals surface area contributed by atoms with E-state index in [0.29, 0.717) is 6.42 Å². The Hall–Kier alpha value is -2.51. The zero-order valence-corrected chi connectivity index (χ0v) is 23.9. The molecule has 0 aliphatic heterocycles. The van der Waals surface area contributed by atoms with Gasteiger partial charge in [0.15, 0.2) is 0 Å². The first-order valence-electron chi connectivity index (χ1n) is 12.5. The molecule has 0 radical (unpaired) electrons. The van der Waals surface area contributed by atoms with Crippen LogP contribution in [0, 0.1) is 6.92 Å². The smallest absolute Gasteiger partial charge is 0.296 e. The molecule has 1 unspecified atom stereocenters. The summed E-state index contributed by atoms with van der Waals surface area (Å²) < 4.78 is 36.9. The molecular weight excluding hydrogens is 484 g/mol. The monoisotopic (exact) mass is 522 g/mol. The summed E-state index contributed by atoms with van der Waals surface area (Å²) in [7, 11) is -5.51. The Morgan fingerprint density at radius 2 is 1.42 bits per heavy atom. The van der Waals surface area contributed by atoms with Gasteiger partial charge >= 0.3 is 0 Å². The zero-order chi connectivity index (χ0) is 26.2. The van der Waals surface area contributed by atoms with Crippen molar-refractivity contribution in [1.29, 1.82) is 0 Å². The topological polar surface area (TPSA) is 52.6 Å². The Morgan fingerprint density at radius 3 is 1.92 bits per heavy atom. The van der Waals surface area contributed by atoms with Crippen molar-refractivity contribution in [3.8, 4) is 0 Å². The summed E-state index contributed by atoms with van der Waals surface area (Å²) in [6.07, 6.45) is 3.59. The number of hydrogen-bond acceptors (Lipinski definition) is 4. The molecule has 3 aromatic rings. The van der Waals surface area contributed by atoms with Crippen LogP contribution in [0.4, 0.5) is 0 Å². The lowest BCUT2D eigenvalue weighted by molar-refractivity contribution is -0.00657. The van der Waals surface area contributed by atoms with Crippen LogP contribution in [-0.2, 0) is 19.0 Å². The number of ether oxygens (including phenoxy) is 1. The zero-order valence-electron chi connectivity index (χ0n) is 22.0. The molecule has 192 valence electrons. The third kappa shape index (κ3) is 8.56. The first-order valence-corrected chi connectivity index (χ1v) is 15.7. The van der Waals surface area contributed by atoms with E-state index in [-0.39, 0.29) is 22.8 Å². The second kappa shape index (κ2) is 12.6. The molecule has 0 bridgehead atoms. The normalized spacial score (nSPS) is 13.7. The second-order valence-corrected chi connectivity index (χ2v) is 14.8. The minimum absolute atomic E-state index is 0.0491. The molecule has 1 atom stereocenters. The molecule has 36 heavy (non-hydrogen) atoms. The lowest BCUT2D eigenvalue weighted by Gasteiger charge is -2.32. The highest BCUT2D eigenvalue weighted by molar-refractivity contribution is 7.86. The largest absolute Gasteiger partial charge is 0.372 e. The lowest BCUT2D eigenvalue weighted by atomic mass is 10.1. The van der Waals surface area contributed by atoms with E-state index in [1.807, 2.05) is 19.1 Å². The van der Waals surface area contributed by atoms with Crippen LogP contribution < -0.4 is 10.4 Å². The molecule has 0 aromatic heterocycles. The molecule has 0 saturated carbocycles. The Bertz CT molecular complexity index is 1180. The van der Waals surface area contributed by atoms with Crippen molar-refractivity contribution >= 4 is 29.3 Å². The van der Waals surface area contributed by atoms with Gasteiger partial charge < -0.3 is 4.74 Å². The number of benzene rings is 3. The minimum atomic E-state index is -3.74. The van der Waals surface area contributed by atoms with Crippen molar-refractivity contribution in [3.63, 3.8) is 0 Å². The molecule has 0 N–H and O–H groups in total. The van der Waals surface area contributed by atoms with E-state index in [1.54, 1.807) is 24.3 Å². The van der Waals surface area contributed by atoms with Crippen LogP contribution in [0.15, 0.2) is 101 Å². The van der Waals surface area contributed by atoms with E-state index in [2.05, 4.69) is 82.3 Å². The molecule has 0 aliphatic carbocycles. The highest BCUT2D eigenvalue weighted by Gasteiger charge is 2.30. The summed E-state index contributed by atoms with van der Waals surface area (Å²) in [5.41, 5.74) is 1.83. The van der Waals surface area contributed by atoms with E-state index in [1.165, 1.54) is 15.9 Å². The van der Waals surface area contributed by atoms with Crippen LogP contribution in [0.3, 0.4) is 0 Å². The Kier molecular flexibility index (Phi) is 9.85. The maximum atomic E-state index is 12.5. The third-order valence-corrected chi connectivity index (χ3v) is 10.4. The lowest BCUT2D eigenvalue weighted by Crippen LogP contribution is -2.54. The Balaban J connectivity index is 1.75. The van der Waals surface area contributed by atoms with Crippen LogP contribution in [0.1, 0.15) is 46.1 Å². The Labute approximate surface area is 218 Å². The number of allylic oxidation sites excluding steroid dienone is 1. The van der Waals surface area contributed by atoms with E-state index >= 15 is 0 Å². The van der Waals surface area contributed by atoms with Crippen molar-refractivity contribution < 1.29 is 17.3 Å².